The van der Waals surface area contributed by atoms with Gasteiger partial charge in [0.1, 0.15) is 11.9 Å². The number of anilines is 1. The third-order valence-corrected chi connectivity index (χ3v) is 7.51. The van der Waals surface area contributed by atoms with Crippen molar-refractivity contribution in [3.05, 3.63) is 54.1 Å². The molecule has 2 aliphatic heterocycles. The van der Waals surface area contributed by atoms with Crippen LogP contribution in [0.15, 0.2) is 42.7 Å². The summed E-state index contributed by atoms with van der Waals surface area (Å²) < 4.78 is 19.8. The van der Waals surface area contributed by atoms with E-state index >= 15 is 0 Å². The SMILES string of the molecule is CC[C@@H](C)C(=O)N[C@H](C(=O)N1CC[C@@H]2[C@H]1[C@@H](OCc1ccc(F)cc1)CN2c1ncccn1)C(C)(C)C. The number of benzene rings is 1. The van der Waals surface area contributed by atoms with Crippen molar-refractivity contribution < 1.29 is 18.7 Å². The Balaban J connectivity index is 1.59. The zero-order chi connectivity index (χ0) is 26.7. The molecule has 2 aliphatic rings. The molecule has 4 rings (SSSR count). The second-order valence-corrected chi connectivity index (χ2v) is 11.2. The number of likely N-dealkylation sites (tertiary alicyclic amines) is 1. The van der Waals surface area contributed by atoms with Crippen molar-refractivity contribution in [2.75, 3.05) is 18.0 Å². The summed E-state index contributed by atoms with van der Waals surface area (Å²) in [6.45, 7) is 11.1. The van der Waals surface area contributed by atoms with Gasteiger partial charge in [-0.05, 0) is 42.0 Å². The fourth-order valence-electron chi connectivity index (χ4n) is 5.17. The van der Waals surface area contributed by atoms with Gasteiger partial charge in [0.05, 0.1) is 24.8 Å². The van der Waals surface area contributed by atoms with Crippen LogP contribution in [-0.4, -0.2) is 64.0 Å². The van der Waals surface area contributed by atoms with Crippen molar-refractivity contribution in [1.82, 2.24) is 20.2 Å². The van der Waals surface area contributed by atoms with Crippen molar-refractivity contribution in [2.24, 2.45) is 11.3 Å². The molecule has 8 nitrogen and oxygen atoms in total. The Hall–Kier alpha value is -3.07. The van der Waals surface area contributed by atoms with E-state index in [1.54, 1.807) is 30.6 Å². The first kappa shape index (κ1) is 27.0. The number of nitrogens with zero attached hydrogens (tertiary/aromatic N) is 4. The topological polar surface area (TPSA) is 87.7 Å². The average Bonchev–Trinajstić information content (AvgIpc) is 3.47. The molecule has 2 aromatic rings. The largest absolute Gasteiger partial charge is 0.369 e. The summed E-state index contributed by atoms with van der Waals surface area (Å²) in [7, 11) is 0. The smallest absolute Gasteiger partial charge is 0.246 e. The van der Waals surface area contributed by atoms with E-state index in [2.05, 4.69) is 20.2 Å². The monoisotopic (exact) mass is 511 g/mol. The fourth-order valence-corrected chi connectivity index (χ4v) is 5.17. The summed E-state index contributed by atoms with van der Waals surface area (Å²) in [5, 5.41) is 3.04. The second kappa shape index (κ2) is 11.1. The Morgan fingerprint density at radius 2 is 1.86 bits per heavy atom. The number of carbonyl (C=O) groups excluding carboxylic acids is 2. The number of halogens is 1. The third kappa shape index (κ3) is 5.92. The number of fused-ring (bicyclic) bond motifs is 1. The first-order chi connectivity index (χ1) is 17.6. The Kier molecular flexibility index (Phi) is 8.11. The molecule has 9 heteroatoms. The molecule has 0 aliphatic carbocycles. The summed E-state index contributed by atoms with van der Waals surface area (Å²) in [4.78, 5) is 39.8. The molecule has 37 heavy (non-hydrogen) atoms. The number of nitrogens with one attached hydrogen (secondary N) is 1. The third-order valence-electron chi connectivity index (χ3n) is 7.51. The number of carbonyl (C=O) groups is 2. The molecule has 0 spiro atoms. The molecule has 1 aromatic carbocycles. The molecule has 1 aromatic heterocycles. The van der Waals surface area contributed by atoms with Gasteiger partial charge in [-0.3, -0.25) is 9.59 Å². The van der Waals surface area contributed by atoms with E-state index in [0.717, 1.165) is 12.0 Å². The van der Waals surface area contributed by atoms with Crippen LogP contribution in [0.3, 0.4) is 0 Å². The predicted molar refractivity (Wildman–Crippen MR) is 139 cm³/mol. The molecule has 200 valence electrons. The van der Waals surface area contributed by atoms with Crippen molar-refractivity contribution >= 4 is 17.8 Å². The van der Waals surface area contributed by atoms with Crippen LogP contribution in [-0.2, 0) is 20.9 Å². The zero-order valence-corrected chi connectivity index (χ0v) is 22.4. The highest BCUT2D eigenvalue weighted by atomic mass is 19.1. The molecule has 0 bridgehead atoms. The van der Waals surface area contributed by atoms with Gasteiger partial charge < -0.3 is 19.9 Å². The number of hydrogen-bond donors (Lipinski definition) is 1. The Labute approximate surface area is 218 Å². The van der Waals surface area contributed by atoms with Gasteiger partial charge in [0.15, 0.2) is 0 Å². The molecule has 5 atom stereocenters. The number of amides is 2. The summed E-state index contributed by atoms with van der Waals surface area (Å²) in [6, 6.07) is 7.14. The highest BCUT2D eigenvalue weighted by molar-refractivity contribution is 5.89. The minimum atomic E-state index is -0.660. The normalized spacial score (nSPS) is 23.0. The van der Waals surface area contributed by atoms with Crippen LogP contribution in [0, 0.1) is 17.2 Å². The Morgan fingerprint density at radius 1 is 1.19 bits per heavy atom. The Morgan fingerprint density at radius 3 is 2.49 bits per heavy atom. The lowest BCUT2D eigenvalue weighted by Crippen LogP contribution is -2.58. The molecule has 1 N–H and O–H groups in total. The van der Waals surface area contributed by atoms with Gasteiger partial charge in [-0.25, -0.2) is 14.4 Å². The molecule has 2 fully saturated rings. The molecular weight excluding hydrogens is 473 g/mol. The molecule has 0 unspecified atom stereocenters. The van der Waals surface area contributed by atoms with Crippen LogP contribution in [0.5, 0.6) is 0 Å². The maximum absolute atomic E-state index is 14.0. The number of hydrogen-bond acceptors (Lipinski definition) is 6. The van der Waals surface area contributed by atoms with Gasteiger partial charge in [0.25, 0.3) is 0 Å². The lowest BCUT2D eigenvalue weighted by atomic mass is 9.85. The van der Waals surface area contributed by atoms with Crippen LogP contribution in [0.4, 0.5) is 10.3 Å². The minimum absolute atomic E-state index is 0.00421. The number of ether oxygens (including phenoxy) is 1. The quantitative estimate of drug-likeness (QED) is 0.583. The Bertz CT molecular complexity index is 1080. The number of rotatable bonds is 8. The second-order valence-electron chi connectivity index (χ2n) is 11.2. The van der Waals surface area contributed by atoms with E-state index in [-0.39, 0.29) is 41.7 Å². The van der Waals surface area contributed by atoms with Crippen LogP contribution >= 0.6 is 0 Å². The standard InChI is InChI=1S/C28H38FN5O3/c1-6-18(2)25(35)32-24(28(3,4)5)26(36)33-15-12-21-23(33)22(16-34(21)27-30-13-7-14-31-27)37-17-19-8-10-20(29)11-9-19/h7-11,13-14,18,21-24H,6,12,15-17H2,1-5H3,(H,32,35)/t18-,21-,22+,23+,24-/m1/s1. The molecule has 0 saturated carbocycles. The average molecular weight is 512 g/mol. The molecule has 3 heterocycles. The van der Waals surface area contributed by atoms with Gasteiger partial charge in [-0.2, -0.15) is 0 Å². The molecule has 0 radical (unpaired) electrons. The number of aromatic nitrogens is 2. The fraction of sp³-hybridized carbons (Fsp3) is 0.571. The van der Waals surface area contributed by atoms with Crippen molar-refractivity contribution in [2.45, 2.75) is 78.3 Å². The first-order valence-electron chi connectivity index (χ1n) is 13.1. The highest BCUT2D eigenvalue weighted by Gasteiger charge is 2.53. The summed E-state index contributed by atoms with van der Waals surface area (Å²) in [6.07, 6.45) is 4.58. The minimum Gasteiger partial charge on any atom is -0.369 e. The van der Waals surface area contributed by atoms with Crippen molar-refractivity contribution in [3.63, 3.8) is 0 Å². The van der Waals surface area contributed by atoms with Gasteiger partial charge >= 0.3 is 0 Å². The van der Waals surface area contributed by atoms with Crippen molar-refractivity contribution in [1.29, 1.82) is 0 Å². The van der Waals surface area contributed by atoms with E-state index in [4.69, 9.17) is 4.74 Å². The van der Waals surface area contributed by atoms with Gasteiger partial charge in [0.2, 0.25) is 17.8 Å². The maximum Gasteiger partial charge on any atom is 0.246 e. The molecular formula is C28H38FN5O3. The van der Waals surface area contributed by atoms with Crippen LogP contribution in [0.1, 0.15) is 53.0 Å². The summed E-state index contributed by atoms with van der Waals surface area (Å²) in [5.41, 5.74) is 0.389. The lowest BCUT2D eigenvalue weighted by molar-refractivity contribution is -0.143. The van der Waals surface area contributed by atoms with Crippen LogP contribution in [0.2, 0.25) is 0 Å². The van der Waals surface area contributed by atoms with E-state index in [9.17, 15) is 14.0 Å². The van der Waals surface area contributed by atoms with Gasteiger partial charge in [-0.15, -0.1) is 0 Å². The van der Waals surface area contributed by atoms with Crippen LogP contribution < -0.4 is 10.2 Å². The molecule has 2 amide bonds. The predicted octanol–water partition coefficient (Wildman–Crippen LogP) is 3.57. The summed E-state index contributed by atoms with van der Waals surface area (Å²) in [5.74, 6) is -0.0633. The van der Waals surface area contributed by atoms with Crippen LogP contribution in [0.25, 0.3) is 0 Å². The van der Waals surface area contributed by atoms with E-state index in [0.29, 0.717) is 32.1 Å². The van der Waals surface area contributed by atoms with E-state index in [1.807, 2.05) is 39.5 Å². The summed E-state index contributed by atoms with van der Waals surface area (Å²) >= 11 is 0. The zero-order valence-electron chi connectivity index (χ0n) is 22.4. The van der Waals surface area contributed by atoms with Gasteiger partial charge in [-0.1, -0.05) is 46.8 Å². The van der Waals surface area contributed by atoms with E-state index < -0.39 is 11.5 Å². The lowest BCUT2D eigenvalue weighted by Gasteiger charge is -2.37. The van der Waals surface area contributed by atoms with E-state index in [1.165, 1.54) is 12.1 Å². The highest BCUT2D eigenvalue weighted by Crippen LogP contribution is 2.37. The molecule has 2 saturated heterocycles. The maximum atomic E-state index is 14.0. The first-order valence-corrected chi connectivity index (χ1v) is 13.1. The van der Waals surface area contributed by atoms with Gasteiger partial charge in [0, 0.05) is 31.4 Å². The van der Waals surface area contributed by atoms with Crippen molar-refractivity contribution in [3.8, 4) is 0 Å².